The summed E-state index contributed by atoms with van der Waals surface area (Å²) in [6.45, 7) is 13.1. The molecule has 0 aromatic heterocycles. The summed E-state index contributed by atoms with van der Waals surface area (Å²) >= 11 is 0. The Balaban J connectivity index is 1.70. The lowest BCUT2D eigenvalue weighted by Crippen LogP contribution is -2.59. The summed E-state index contributed by atoms with van der Waals surface area (Å²) in [5.41, 5.74) is 5.00. The number of piperidine rings is 1. The van der Waals surface area contributed by atoms with Gasteiger partial charge in [0.05, 0.1) is 24.8 Å². The maximum Gasteiger partial charge on any atom is 0.320 e. The summed E-state index contributed by atoms with van der Waals surface area (Å²) in [5.74, 6) is -4.93. The van der Waals surface area contributed by atoms with Gasteiger partial charge in [-0.15, -0.1) is 0 Å². The lowest BCUT2D eigenvalue weighted by molar-refractivity contribution is -0.165. The number of nitrogens with zero attached hydrogens (tertiary/aromatic N) is 1. The first-order valence-corrected chi connectivity index (χ1v) is 25.7. The number of allylic oxidation sites excluding steroid dienone is 6. The van der Waals surface area contributed by atoms with E-state index in [-0.39, 0.29) is 85.6 Å². The van der Waals surface area contributed by atoms with E-state index in [2.05, 4.69) is 0 Å². The van der Waals surface area contributed by atoms with Crippen molar-refractivity contribution in [3.05, 3.63) is 47.6 Å². The number of Topliss-reactive ketones (excluding diaryl/α,β-unsaturated/α-hetero) is 4. The van der Waals surface area contributed by atoms with Crippen LogP contribution >= 0.6 is 0 Å². The summed E-state index contributed by atoms with van der Waals surface area (Å²) in [5, 5.41) is 23.7. The van der Waals surface area contributed by atoms with Crippen molar-refractivity contribution in [1.29, 1.82) is 0 Å². The molecule has 69 heavy (non-hydrogen) atoms. The molecule has 0 aromatic rings. The zero-order chi connectivity index (χ0) is 51.2. The zero-order valence-corrected chi connectivity index (χ0v) is 43.4. The number of carbonyl (C=O) groups is 6. The number of esters is 1. The van der Waals surface area contributed by atoms with E-state index in [9.17, 15) is 39.0 Å². The molecule has 2 bridgehead atoms. The molecule has 4 N–H and O–H groups in total. The number of amides is 1. The average molecular weight is 967 g/mol. The van der Waals surface area contributed by atoms with Crippen LogP contribution in [0.2, 0.25) is 0 Å². The van der Waals surface area contributed by atoms with Crippen LogP contribution in [0.1, 0.15) is 138 Å². The highest BCUT2D eigenvalue weighted by Gasteiger charge is 2.51. The second-order valence-electron chi connectivity index (χ2n) is 21.3. The Morgan fingerprint density at radius 3 is 2.22 bits per heavy atom. The van der Waals surface area contributed by atoms with E-state index < -0.39 is 71.3 Å². The molecule has 14 nitrogen and oxygen atoms in total. The van der Waals surface area contributed by atoms with Gasteiger partial charge in [-0.1, -0.05) is 71.1 Å². The van der Waals surface area contributed by atoms with Gasteiger partial charge in [-0.2, -0.15) is 0 Å². The van der Waals surface area contributed by atoms with Gasteiger partial charge < -0.3 is 39.8 Å². The number of nitrogens with two attached hydrogens (primary N) is 1. The molecule has 14 heteroatoms. The zero-order valence-electron chi connectivity index (χ0n) is 43.4. The second kappa shape index (κ2) is 27.2. The van der Waals surface area contributed by atoms with Crippen molar-refractivity contribution < 1.29 is 57.9 Å². The Labute approximate surface area is 412 Å². The van der Waals surface area contributed by atoms with Crippen LogP contribution < -0.4 is 5.73 Å². The van der Waals surface area contributed by atoms with Crippen LogP contribution in [0.25, 0.3) is 0 Å². The summed E-state index contributed by atoms with van der Waals surface area (Å²) in [6, 6.07) is -0.892. The van der Waals surface area contributed by atoms with Crippen LogP contribution in [0.3, 0.4) is 0 Å². The minimum atomic E-state index is -1.91. The lowest BCUT2D eigenvalue weighted by atomic mass is 9.67. The Hall–Kier alpha value is -3.66. The van der Waals surface area contributed by atoms with E-state index in [1.165, 1.54) is 12.0 Å². The summed E-state index contributed by atoms with van der Waals surface area (Å²) in [4.78, 5) is 85.1. The first kappa shape index (κ1) is 57.9. The van der Waals surface area contributed by atoms with Crippen molar-refractivity contribution in [2.75, 3.05) is 34.4 Å². The first-order chi connectivity index (χ1) is 32.7. The van der Waals surface area contributed by atoms with Gasteiger partial charge in [0, 0.05) is 52.6 Å². The van der Waals surface area contributed by atoms with Gasteiger partial charge in [-0.25, -0.2) is 0 Å². The Kier molecular flexibility index (Phi) is 22.9. The van der Waals surface area contributed by atoms with Crippen molar-refractivity contribution in [2.45, 2.75) is 181 Å². The van der Waals surface area contributed by atoms with E-state index in [1.54, 1.807) is 34.1 Å². The molecular formula is C55H86N2O12. The number of hydrogen-bond donors (Lipinski definition) is 3. The van der Waals surface area contributed by atoms with Crippen molar-refractivity contribution in [2.24, 2.45) is 53.1 Å². The maximum absolute atomic E-state index is 14.7. The number of aliphatic hydroxyl groups excluding tert-OH is 1. The normalized spacial score (nSPS) is 38.8. The summed E-state index contributed by atoms with van der Waals surface area (Å²) < 4.78 is 22.9. The molecule has 3 fully saturated rings. The molecule has 15 atom stereocenters. The molecule has 0 aromatic carbocycles. The average Bonchev–Trinajstić information content (AvgIpc) is 3.33. The van der Waals surface area contributed by atoms with Gasteiger partial charge in [0.25, 0.3) is 11.7 Å². The van der Waals surface area contributed by atoms with E-state index >= 15 is 0 Å². The molecule has 4 rings (SSSR count). The highest BCUT2D eigenvalue weighted by molar-refractivity contribution is 6.39. The number of hydrogen-bond acceptors (Lipinski definition) is 13. The highest BCUT2D eigenvalue weighted by Crippen LogP contribution is 2.42. The molecule has 4 aliphatic rings. The molecule has 0 radical (unpaired) electrons. The fourth-order valence-electron chi connectivity index (χ4n) is 11.5. The second-order valence-corrected chi connectivity index (χ2v) is 21.3. The van der Waals surface area contributed by atoms with Crippen LogP contribution in [0.15, 0.2) is 47.6 Å². The predicted molar refractivity (Wildman–Crippen MR) is 265 cm³/mol. The van der Waals surface area contributed by atoms with Gasteiger partial charge in [0.2, 0.25) is 0 Å². The van der Waals surface area contributed by atoms with Crippen LogP contribution in [-0.2, 0) is 47.7 Å². The van der Waals surface area contributed by atoms with Crippen LogP contribution in [0.5, 0.6) is 0 Å². The third-order valence-electron chi connectivity index (χ3n) is 16.1. The largest absolute Gasteiger partial charge is 0.459 e. The van der Waals surface area contributed by atoms with E-state index in [1.807, 2.05) is 65.0 Å². The molecular weight excluding hydrogens is 881 g/mol. The van der Waals surface area contributed by atoms with Gasteiger partial charge in [0.1, 0.15) is 29.7 Å². The molecule has 1 amide bonds. The topological polar surface area (TPSA) is 209 Å². The molecule has 2 aliphatic heterocycles. The monoisotopic (exact) mass is 967 g/mol. The number of aliphatic hydroxyl groups is 2. The third kappa shape index (κ3) is 15.7. The van der Waals surface area contributed by atoms with Crippen molar-refractivity contribution in [3.8, 4) is 0 Å². The van der Waals surface area contributed by atoms with Crippen molar-refractivity contribution in [3.63, 3.8) is 0 Å². The third-order valence-corrected chi connectivity index (χ3v) is 16.1. The van der Waals surface area contributed by atoms with Gasteiger partial charge >= 0.3 is 5.97 Å². The van der Waals surface area contributed by atoms with Crippen LogP contribution in [0, 0.1) is 47.3 Å². The fourth-order valence-corrected chi connectivity index (χ4v) is 11.5. The summed E-state index contributed by atoms with van der Waals surface area (Å²) in [7, 11) is 4.62. The Bertz CT molecular complexity index is 1890. The molecule has 0 spiro atoms. The summed E-state index contributed by atoms with van der Waals surface area (Å²) in [6.07, 6.45) is 14.7. The fraction of sp³-hybridized carbons (Fsp3) is 0.745. The van der Waals surface area contributed by atoms with Crippen LogP contribution in [0.4, 0.5) is 0 Å². The number of fused-ring (bicyclic) bond motifs is 3. The number of carbonyl (C=O) groups excluding carboxylic acids is 6. The SMILES string of the molecule is CO[C@H]1C[C@@H]2CC[C@@H](C)[C@@](O)(C2)C(=O)C(=O)N2CCCC[C@H]2C(=O)CC([C@H](C)CC2CC[C@@H](OC(=O)CN)[C@H](OC)C2)CC(=O)[C@H](C)/C=C(\C)[C@@H](O)[C@@H](OC)C(=O)[C@H](C)C[C@H](C)/C=C/C=C/C=C/1C. The van der Waals surface area contributed by atoms with Crippen molar-refractivity contribution >= 4 is 35.0 Å². The molecule has 2 heterocycles. The maximum atomic E-state index is 14.7. The van der Waals surface area contributed by atoms with E-state index in [0.29, 0.717) is 63.4 Å². The number of ether oxygens (including phenoxy) is 4. The van der Waals surface area contributed by atoms with Gasteiger partial charge in [-0.05, 0) is 138 Å². The predicted octanol–water partition coefficient (Wildman–Crippen LogP) is 7.02. The first-order valence-electron chi connectivity index (χ1n) is 25.7. The lowest BCUT2D eigenvalue weighted by Gasteiger charge is -2.43. The van der Waals surface area contributed by atoms with E-state index in [0.717, 1.165) is 18.4 Å². The number of methoxy groups -OCH3 is 3. The van der Waals surface area contributed by atoms with Crippen molar-refractivity contribution in [1.82, 2.24) is 4.90 Å². The Morgan fingerprint density at radius 2 is 1.55 bits per heavy atom. The Morgan fingerprint density at radius 1 is 0.841 bits per heavy atom. The molecule has 2 aliphatic carbocycles. The van der Waals surface area contributed by atoms with Crippen LogP contribution in [-0.4, -0.2) is 127 Å². The standard InChI is InChI=1S/C55H86N2O12/c1-33-16-12-11-13-17-34(2)47(66-8)28-41-20-19-39(7)55(65,31-41)53(63)54(64)57-23-15-14-18-43(57)45(59)30-42(35(3)26-40-21-22-46(48(27-40)67-9)69-49(60)32-56)29-44(58)36(4)25-38(6)51(62)52(68-10)50(61)37(5)24-33/h11-13,16-17,25,33,35-37,39-43,46-48,51-52,62,65H,14-15,18-24,26-32,56H2,1-10H3/b13-11+,16-12+,34-17+,38-25+/t33-,35-,36-,37-,39-,40?,41+,42?,43+,46-,47+,48-,51-,52+,55+/m1/s1. The number of ketones is 4. The highest BCUT2D eigenvalue weighted by atomic mass is 16.6. The molecule has 2 saturated carbocycles. The minimum Gasteiger partial charge on any atom is -0.459 e. The molecule has 388 valence electrons. The minimum absolute atomic E-state index is 0.0142. The smallest absolute Gasteiger partial charge is 0.320 e. The van der Waals surface area contributed by atoms with E-state index in [4.69, 9.17) is 24.7 Å². The van der Waals surface area contributed by atoms with Gasteiger partial charge in [0.15, 0.2) is 11.6 Å². The van der Waals surface area contributed by atoms with Gasteiger partial charge in [-0.3, -0.25) is 28.8 Å². The molecule has 2 unspecified atom stereocenters. The quantitative estimate of drug-likeness (QED) is 0.127. The number of rotatable bonds is 8. The molecule has 1 saturated heterocycles.